The number of amides is 2. The highest BCUT2D eigenvalue weighted by molar-refractivity contribution is 6.38. The van der Waals surface area contributed by atoms with Crippen molar-refractivity contribution < 1.29 is 32.3 Å². The highest BCUT2D eigenvalue weighted by atomic mass is 19.4. The number of alkyl halides is 3. The van der Waals surface area contributed by atoms with E-state index in [-0.39, 0.29) is 36.4 Å². The van der Waals surface area contributed by atoms with Crippen molar-refractivity contribution in [3.63, 3.8) is 0 Å². The van der Waals surface area contributed by atoms with Crippen LogP contribution in [0.3, 0.4) is 0 Å². The van der Waals surface area contributed by atoms with Crippen molar-refractivity contribution in [1.29, 1.82) is 0 Å². The summed E-state index contributed by atoms with van der Waals surface area (Å²) in [5.41, 5.74) is -0.117. The summed E-state index contributed by atoms with van der Waals surface area (Å²) in [5, 5.41) is 13.6. The minimum atomic E-state index is -4.76. The first-order valence-corrected chi connectivity index (χ1v) is 12.6. The van der Waals surface area contributed by atoms with Crippen molar-refractivity contribution in [2.75, 3.05) is 0 Å². The molecule has 2 aromatic rings. The number of aromatic amines is 1. The van der Waals surface area contributed by atoms with Crippen molar-refractivity contribution >= 4 is 17.6 Å². The average Bonchev–Trinajstić information content (AvgIpc) is 3.51. The summed E-state index contributed by atoms with van der Waals surface area (Å²) in [4.78, 5) is 42.1. The zero-order chi connectivity index (χ0) is 27.9. The van der Waals surface area contributed by atoms with Crippen molar-refractivity contribution in [2.45, 2.75) is 89.3 Å². The Hall–Kier alpha value is -3.48. The van der Waals surface area contributed by atoms with Gasteiger partial charge >= 0.3 is 6.18 Å². The number of Topliss-reactive ketones (excluding diaryl/α,β-unsaturated/α-hetero) is 1. The quantitative estimate of drug-likeness (QED) is 0.271. The molecule has 1 aliphatic carbocycles. The Morgan fingerprint density at radius 3 is 2.32 bits per heavy atom. The lowest BCUT2D eigenvalue weighted by atomic mass is 10.0. The monoisotopic (exact) mass is 538 g/mol. The lowest BCUT2D eigenvalue weighted by molar-refractivity contribution is -0.161. The third-order valence-corrected chi connectivity index (χ3v) is 5.77. The Balaban J connectivity index is 1.82. The molecule has 4 N–H and O–H groups in total. The molecule has 10 nitrogen and oxygen atoms in total. The first-order chi connectivity index (χ1) is 18.0. The van der Waals surface area contributed by atoms with E-state index in [4.69, 9.17) is 4.74 Å². The first kappa shape index (κ1) is 29.1. The van der Waals surface area contributed by atoms with Crippen molar-refractivity contribution in [2.24, 2.45) is 0 Å². The van der Waals surface area contributed by atoms with Gasteiger partial charge in [0.15, 0.2) is 0 Å². The second kappa shape index (κ2) is 12.9. The van der Waals surface area contributed by atoms with E-state index in [0.717, 1.165) is 12.8 Å². The maximum absolute atomic E-state index is 14.2. The number of hydrogen-bond donors (Lipinski definition) is 4. The Labute approximate surface area is 218 Å². The molecule has 1 aliphatic rings. The van der Waals surface area contributed by atoms with Crippen LogP contribution < -0.4 is 20.7 Å². The van der Waals surface area contributed by atoms with Gasteiger partial charge in [-0.25, -0.2) is 4.98 Å². The van der Waals surface area contributed by atoms with E-state index in [1.165, 1.54) is 30.6 Å². The number of benzene rings is 1. The Morgan fingerprint density at radius 2 is 1.79 bits per heavy atom. The van der Waals surface area contributed by atoms with E-state index >= 15 is 0 Å². The third-order valence-electron chi connectivity index (χ3n) is 5.77. The molecule has 1 saturated carbocycles. The minimum Gasteiger partial charge on any atom is -0.490 e. The van der Waals surface area contributed by atoms with E-state index in [1.807, 2.05) is 0 Å². The average molecular weight is 539 g/mol. The molecule has 3 rings (SSSR count). The van der Waals surface area contributed by atoms with Crippen LogP contribution in [0.4, 0.5) is 13.2 Å². The number of nitrogens with zero attached hydrogens (tertiary/aromatic N) is 2. The van der Waals surface area contributed by atoms with Gasteiger partial charge in [0.1, 0.15) is 23.9 Å². The van der Waals surface area contributed by atoms with Gasteiger partial charge in [-0.05, 0) is 50.8 Å². The second-order valence-corrected chi connectivity index (χ2v) is 9.56. The van der Waals surface area contributed by atoms with Gasteiger partial charge in [-0.15, -0.1) is 0 Å². The van der Waals surface area contributed by atoms with Crippen LogP contribution in [0.2, 0.25) is 0 Å². The number of ketones is 1. The summed E-state index contributed by atoms with van der Waals surface area (Å²) >= 11 is 0. The van der Waals surface area contributed by atoms with E-state index in [0.29, 0.717) is 12.2 Å². The fourth-order valence-corrected chi connectivity index (χ4v) is 3.77. The second-order valence-electron chi connectivity index (χ2n) is 9.56. The molecule has 208 valence electrons. The number of nitrogens with one attached hydrogen (secondary N) is 4. The van der Waals surface area contributed by atoms with Crippen molar-refractivity contribution in [3.8, 4) is 5.75 Å². The van der Waals surface area contributed by atoms with E-state index in [2.05, 4.69) is 31.1 Å². The van der Waals surface area contributed by atoms with E-state index < -0.39 is 41.9 Å². The highest BCUT2D eigenvalue weighted by Gasteiger charge is 2.43. The fourth-order valence-electron chi connectivity index (χ4n) is 3.77. The van der Waals surface area contributed by atoms with Crippen LogP contribution >= 0.6 is 0 Å². The van der Waals surface area contributed by atoms with Gasteiger partial charge in [-0.1, -0.05) is 25.5 Å². The molecular formula is C25H33F3N6O4. The Morgan fingerprint density at radius 1 is 1.11 bits per heavy atom. The van der Waals surface area contributed by atoms with Crippen LogP contribution in [-0.2, 0) is 20.8 Å². The molecule has 1 fully saturated rings. The smallest absolute Gasteiger partial charge is 0.407 e. The molecule has 0 aliphatic heterocycles. The van der Waals surface area contributed by atoms with E-state index in [1.54, 1.807) is 20.8 Å². The molecule has 0 radical (unpaired) electrons. The predicted molar refractivity (Wildman–Crippen MR) is 131 cm³/mol. The molecule has 2 amide bonds. The van der Waals surface area contributed by atoms with Crippen LogP contribution in [0.1, 0.15) is 63.9 Å². The topological polar surface area (TPSA) is 138 Å². The van der Waals surface area contributed by atoms with E-state index in [9.17, 15) is 27.6 Å². The molecule has 1 aromatic carbocycles. The van der Waals surface area contributed by atoms with Crippen LogP contribution in [0.5, 0.6) is 5.75 Å². The summed E-state index contributed by atoms with van der Waals surface area (Å²) in [5.74, 6) is -1.99. The number of hydrogen-bond acceptors (Lipinski definition) is 7. The standard InChI is InChI=1S/C25H33F3N6O4/c1-4-5-18(21(35)24(37)31-14(2)3)33-23(36)19(12-20-29-13-30-34-20)32-22(25(26,27)28)15-6-8-16(9-7-15)38-17-10-11-17/h6-9,13-14,17-19,22,32H,4-5,10-12H2,1-3H3,(H,31,37)(H,33,36)(H,29,30,34)/t18-,19-,22-/m0/s1. The van der Waals surface area contributed by atoms with Crippen LogP contribution in [0.15, 0.2) is 30.6 Å². The maximum Gasteiger partial charge on any atom is 0.407 e. The van der Waals surface area contributed by atoms with Crippen molar-refractivity contribution in [3.05, 3.63) is 42.0 Å². The van der Waals surface area contributed by atoms with Gasteiger partial charge < -0.3 is 15.4 Å². The maximum atomic E-state index is 14.2. The zero-order valence-corrected chi connectivity index (χ0v) is 21.5. The largest absolute Gasteiger partial charge is 0.490 e. The molecule has 0 unspecified atom stereocenters. The Bertz CT molecular complexity index is 1070. The molecule has 3 atom stereocenters. The molecule has 1 heterocycles. The normalized spacial score (nSPS) is 16.0. The number of halogens is 3. The number of ether oxygens (including phenoxy) is 1. The summed E-state index contributed by atoms with van der Waals surface area (Å²) in [6, 6.07) is 0.342. The van der Waals surface area contributed by atoms with Gasteiger partial charge in [0, 0.05) is 12.5 Å². The van der Waals surface area contributed by atoms with Gasteiger partial charge in [0.25, 0.3) is 5.91 Å². The minimum absolute atomic E-state index is 0.0915. The fraction of sp³-hybridized carbons (Fsp3) is 0.560. The van der Waals surface area contributed by atoms with Crippen LogP contribution in [-0.4, -0.2) is 63.2 Å². The Kier molecular flexibility index (Phi) is 9.84. The summed E-state index contributed by atoms with van der Waals surface area (Å²) in [6.45, 7) is 5.11. The predicted octanol–water partition coefficient (Wildman–Crippen LogP) is 2.53. The van der Waals surface area contributed by atoms with Gasteiger partial charge in [-0.3, -0.25) is 24.8 Å². The summed E-state index contributed by atoms with van der Waals surface area (Å²) in [7, 11) is 0. The third kappa shape index (κ3) is 8.54. The van der Waals surface area contributed by atoms with Gasteiger partial charge in [0.2, 0.25) is 11.7 Å². The molecule has 0 saturated heterocycles. The van der Waals surface area contributed by atoms with Gasteiger partial charge in [-0.2, -0.15) is 18.3 Å². The summed E-state index contributed by atoms with van der Waals surface area (Å²) in [6.07, 6.45) is -1.36. The van der Waals surface area contributed by atoms with Gasteiger partial charge in [0.05, 0.1) is 18.2 Å². The molecule has 13 heteroatoms. The van der Waals surface area contributed by atoms with Crippen LogP contribution in [0, 0.1) is 0 Å². The number of aromatic nitrogens is 3. The summed E-state index contributed by atoms with van der Waals surface area (Å²) < 4.78 is 48.2. The molecular weight excluding hydrogens is 505 g/mol. The zero-order valence-electron chi connectivity index (χ0n) is 21.5. The van der Waals surface area contributed by atoms with Crippen molar-refractivity contribution in [1.82, 2.24) is 31.1 Å². The first-order valence-electron chi connectivity index (χ1n) is 12.6. The number of rotatable bonds is 14. The lowest BCUT2D eigenvalue weighted by Gasteiger charge is -2.28. The van der Waals surface area contributed by atoms with Crippen LogP contribution in [0.25, 0.3) is 0 Å². The molecule has 0 bridgehead atoms. The molecule has 0 spiro atoms. The number of carbonyl (C=O) groups is 3. The SMILES string of the molecule is CCC[C@H](NC(=O)[C@H](Cc1ncn[nH]1)N[C@@H](c1ccc(OC2CC2)cc1)C(F)(F)F)C(=O)C(=O)NC(C)C. The lowest BCUT2D eigenvalue weighted by Crippen LogP contribution is -2.55. The highest BCUT2D eigenvalue weighted by Crippen LogP contribution is 2.35. The molecule has 1 aromatic heterocycles. The molecule has 38 heavy (non-hydrogen) atoms. The number of carbonyl (C=O) groups excluding carboxylic acids is 3. The number of H-pyrrole nitrogens is 1.